The maximum atomic E-state index is 11.9. The predicted molar refractivity (Wildman–Crippen MR) is 97.5 cm³/mol. The molecule has 1 heterocycles. The van der Waals surface area contributed by atoms with Crippen molar-refractivity contribution in [2.45, 2.75) is 19.4 Å². The zero-order valence-corrected chi connectivity index (χ0v) is 15.3. The van der Waals surface area contributed by atoms with E-state index in [1.807, 2.05) is 6.07 Å². The van der Waals surface area contributed by atoms with Crippen LogP contribution in [0.1, 0.15) is 17.8 Å². The van der Waals surface area contributed by atoms with E-state index < -0.39 is 5.97 Å². The molecule has 0 bridgehead atoms. The molecule has 140 valence electrons. The van der Waals surface area contributed by atoms with Crippen LogP contribution in [0, 0.1) is 0 Å². The van der Waals surface area contributed by atoms with Crippen molar-refractivity contribution in [3.8, 4) is 23.0 Å². The molecular formula is C19H17ClN2O5. The number of hydrogen-bond donors (Lipinski definition) is 1. The lowest BCUT2D eigenvalue weighted by atomic mass is 10.1. The Morgan fingerprint density at radius 3 is 2.81 bits per heavy atom. The average molecular weight is 389 g/mol. The summed E-state index contributed by atoms with van der Waals surface area (Å²) >= 11 is 6.09. The summed E-state index contributed by atoms with van der Waals surface area (Å²) in [4.78, 5) is 16.1. The fraction of sp³-hybridized carbons (Fsp3) is 0.211. The number of carbonyl (C=O) groups is 1. The Hall–Kier alpha value is -3.06. The number of nitrogens with zero attached hydrogens (tertiary/aromatic N) is 2. The normalized spacial score (nSPS) is 10.6. The molecule has 0 radical (unpaired) electrons. The van der Waals surface area contributed by atoms with Crippen LogP contribution in [0.15, 0.2) is 47.0 Å². The molecule has 3 rings (SSSR count). The minimum atomic E-state index is -0.408. The lowest BCUT2D eigenvalue weighted by Gasteiger charge is -2.06. The molecule has 2 aromatic carbocycles. The number of phenolic OH excluding ortho intramolecular Hbond substituents is 1. The molecule has 1 aromatic heterocycles. The summed E-state index contributed by atoms with van der Waals surface area (Å²) in [7, 11) is 1.47. The average Bonchev–Trinajstić information content (AvgIpc) is 3.14. The van der Waals surface area contributed by atoms with Gasteiger partial charge in [-0.3, -0.25) is 4.79 Å². The van der Waals surface area contributed by atoms with E-state index in [2.05, 4.69) is 10.1 Å². The van der Waals surface area contributed by atoms with Crippen molar-refractivity contribution in [2.75, 3.05) is 7.11 Å². The van der Waals surface area contributed by atoms with E-state index in [9.17, 15) is 9.90 Å². The monoisotopic (exact) mass is 388 g/mol. The zero-order chi connectivity index (χ0) is 19.2. The minimum absolute atomic E-state index is 0.0299. The van der Waals surface area contributed by atoms with Crippen LogP contribution in [-0.4, -0.2) is 28.3 Å². The quantitative estimate of drug-likeness (QED) is 0.615. The molecule has 27 heavy (non-hydrogen) atoms. The number of benzene rings is 2. The largest absolute Gasteiger partial charge is 0.504 e. The Kier molecular flexibility index (Phi) is 5.93. The van der Waals surface area contributed by atoms with Gasteiger partial charge in [0.2, 0.25) is 5.82 Å². The molecular weight excluding hydrogens is 372 g/mol. The van der Waals surface area contributed by atoms with Crippen molar-refractivity contribution < 1.29 is 23.9 Å². The number of hydrogen-bond acceptors (Lipinski definition) is 7. The topological polar surface area (TPSA) is 94.7 Å². The summed E-state index contributed by atoms with van der Waals surface area (Å²) < 4.78 is 15.3. The Balaban J connectivity index is 1.51. The third-order valence-electron chi connectivity index (χ3n) is 3.80. The summed E-state index contributed by atoms with van der Waals surface area (Å²) in [5.74, 6) is 0.519. The molecule has 7 nitrogen and oxygen atoms in total. The first-order chi connectivity index (χ1) is 13.1. The second-order valence-corrected chi connectivity index (χ2v) is 6.07. The number of ether oxygens (including phenoxy) is 2. The van der Waals surface area contributed by atoms with Crippen LogP contribution in [0.3, 0.4) is 0 Å². The molecule has 1 N–H and O–H groups in total. The molecule has 0 saturated heterocycles. The van der Waals surface area contributed by atoms with E-state index in [0.29, 0.717) is 22.8 Å². The summed E-state index contributed by atoms with van der Waals surface area (Å²) in [5, 5.41) is 14.0. The van der Waals surface area contributed by atoms with Gasteiger partial charge >= 0.3 is 5.97 Å². The highest BCUT2D eigenvalue weighted by atomic mass is 35.5. The second-order valence-electron chi connectivity index (χ2n) is 5.66. The number of carbonyl (C=O) groups excluding carboxylic acids is 1. The molecule has 0 spiro atoms. The summed E-state index contributed by atoms with van der Waals surface area (Å²) in [6, 6.07) is 12.1. The fourth-order valence-electron chi connectivity index (χ4n) is 2.41. The SMILES string of the molecule is COc1ccc(CCC(=O)OCc2noc(-c3ccccc3Cl)n2)cc1O. The number of rotatable bonds is 7. The van der Waals surface area contributed by atoms with Crippen LogP contribution in [0.4, 0.5) is 0 Å². The van der Waals surface area contributed by atoms with Gasteiger partial charge in [0.15, 0.2) is 18.1 Å². The van der Waals surface area contributed by atoms with Gasteiger partial charge in [-0.1, -0.05) is 35.0 Å². The molecule has 0 aliphatic heterocycles. The van der Waals surface area contributed by atoms with E-state index >= 15 is 0 Å². The van der Waals surface area contributed by atoms with Crippen molar-refractivity contribution >= 4 is 17.6 Å². The van der Waals surface area contributed by atoms with Gasteiger partial charge in [-0.2, -0.15) is 4.98 Å². The highest BCUT2D eigenvalue weighted by Gasteiger charge is 2.13. The highest BCUT2D eigenvalue weighted by Crippen LogP contribution is 2.27. The molecule has 0 unspecified atom stereocenters. The molecule has 3 aromatic rings. The summed E-state index contributed by atoms with van der Waals surface area (Å²) in [5.41, 5.74) is 1.41. The first kappa shape index (κ1) is 18.7. The lowest BCUT2D eigenvalue weighted by molar-refractivity contribution is -0.145. The summed E-state index contributed by atoms with van der Waals surface area (Å²) in [6.07, 6.45) is 0.578. The summed E-state index contributed by atoms with van der Waals surface area (Å²) in [6.45, 7) is -0.0966. The van der Waals surface area contributed by atoms with Crippen LogP contribution >= 0.6 is 11.6 Å². The Morgan fingerprint density at radius 1 is 1.26 bits per heavy atom. The van der Waals surface area contributed by atoms with Crippen LogP contribution < -0.4 is 4.74 Å². The van der Waals surface area contributed by atoms with Gasteiger partial charge in [-0.25, -0.2) is 0 Å². The van der Waals surface area contributed by atoms with Crippen LogP contribution in [-0.2, 0) is 22.6 Å². The smallest absolute Gasteiger partial charge is 0.306 e. The first-order valence-corrected chi connectivity index (χ1v) is 8.53. The van der Waals surface area contributed by atoms with Gasteiger partial charge in [-0.05, 0) is 36.2 Å². The van der Waals surface area contributed by atoms with E-state index in [4.69, 9.17) is 25.6 Å². The maximum absolute atomic E-state index is 11.9. The number of esters is 1. The Bertz CT molecular complexity index is 941. The van der Waals surface area contributed by atoms with Crippen LogP contribution in [0.2, 0.25) is 5.02 Å². The van der Waals surface area contributed by atoms with Crippen molar-refractivity contribution in [1.29, 1.82) is 0 Å². The first-order valence-electron chi connectivity index (χ1n) is 8.16. The van der Waals surface area contributed by atoms with Crippen LogP contribution in [0.25, 0.3) is 11.5 Å². The second kappa shape index (κ2) is 8.55. The number of halogens is 1. The third-order valence-corrected chi connectivity index (χ3v) is 4.13. The number of aryl methyl sites for hydroxylation is 1. The van der Waals surface area contributed by atoms with E-state index in [1.165, 1.54) is 7.11 Å². The predicted octanol–water partition coefficient (Wildman–Crippen LogP) is 3.78. The number of aromatic nitrogens is 2. The van der Waals surface area contributed by atoms with Gasteiger partial charge < -0.3 is 19.1 Å². The lowest BCUT2D eigenvalue weighted by Crippen LogP contribution is -2.06. The molecule has 0 aliphatic carbocycles. The van der Waals surface area contributed by atoms with Crippen molar-refractivity contribution in [3.05, 3.63) is 58.9 Å². The molecule has 0 saturated carbocycles. The molecule has 0 fully saturated rings. The van der Waals surface area contributed by atoms with E-state index in [1.54, 1.807) is 36.4 Å². The third kappa shape index (κ3) is 4.77. The number of methoxy groups -OCH3 is 1. The van der Waals surface area contributed by atoms with Gasteiger partial charge in [0.05, 0.1) is 17.7 Å². The van der Waals surface area contributed by atoms with E-state index in [0.717, 1.165) is 5.56 Å². The fourth-order valence-corrected chi connectivity index (χ4v) is 2.63. The van der Waals surface area contributed by atoms with Gasteiger partial charge in [0, 0.05) is 6.42 Å². The molecule has 0 aliphatic rings. The van der Waals surface area contributed by atoms with Gasteiger partial charge in [0.25, 0.3) is 5.89 Å². The van der Waals surface area contributed by atoms with Gasteiger partial charge in [0.1, 0.15) is 0 Å². The molecule has 0 amide bonds. The van der Waals surface area contributed by atoms with Crippen molar-refractivity contribution in [2.24, 2.45) is 0 Å². The minimum Gasteiger partial charge on any atom is -0.504 e. The van der Waals surface area contributed by atoms with Gasteiger partial charge in [-0.15, -0.1) is 0 Å². The van der Waals surface area contributed by atoms with E-state index in [-0.39, 0.29) is 30.5 Å². The van der Waals surface area contributed by atoms with Crippen LogP contribution in [0.5, 0.6) is 11.5 Å². The molecule has 8 heteroatoms. The van der Waals surface area contributed by atoms with Crippen molar-refractivity contribution in [1.82, 2.24) is 10.1 Å². The standard InChI is InChI=1S/C19H17ClN2O5/c1-25-16-8-6-12(10-15(16)23)7-9-18(24)26-11-17-21-19(27-22-17)13-4-2-3-5-14(13)20/h2-6,8,10,23H,7,9,11H2,1H3. The highest BCUT2D eigenvalue weighted by molar-refractivity contribution is 6.33. The number of aromatic hydroxyl groups is 1. The van der Waals surface area contributed by atoms with Crippen molar-refractivity contribution in [3.63, 3.8) is 0 Å². The Labute approximate surface area is 160 Å². The Morgan fingerprint density at radius 2 is 2.07 bits per heavy atom. The number of phenols is 1. The maximum Gasteiger partial charge on any atom is 0.306 e. The zero-order valence-electron chi connectivity index (χ0n) is 14.5. The molecule has 0 atom stereocenters.